The molecule has 0 aromatic heterocycles. The Kier molecular flexibility index (Phi) is 6.56. The van der Waals surface area contributed by atoms with Crippen LogP contribution < -0.4 is 10.1 Å². The van der Waals surface area contributed by atoms with Crippen LogP contribution in [0.5, 0.6) is 5.75 Å². The topological polar surface area (TPSA) is 73.6 Å². The Balaban J connectivity index is 2.73. The van der Waals surface area contributed by atoms with Crippen molar-refractivity contribution in [2.24, 2.45) is 0 Å². The summed E-state index contributed by atoms with van der Waals surface area (Å²) in [4.78, 5) is 10.4. The molecule has 1 N–H and O–H groups in total. The third kappa shape index (κ3) is 5.07. The molecule has 0 saturated carbocycles. The first-order valence-electron chi connectivity index (χ1n) is 5.89. The summed E-state index contributed by atoms with van der Waals surface area (Å²) < 4.78 is 10.2. The summed E-state index contributed by atoms with van der Waals surface area (Å²) >= 11 is 0. The van der Waals surface area contributed by atoms with E-state index in [2.05, 4.69) is 11.9 Å². The Bertz CT molecular complexity index is 435. The number of nitro groups is 1. The van der Waals surface area contributed by atoms with E-state index in [-0.39, 0.29) is 18.0 Å². The average molecular weight is 266 g/mol. The van der Waals surface area contributed by atoms with E-state index in [0.29, 0.717) is 13.2 Å². The third-order valence-corrected chi connectivity index (χ3v) is 2.39. The van der Waals surface area contributed by atoms with Crippen molar-refractivity contribution in [3.8, 4) is 5.75 Å². The van der Waals surface area contributed by atoms with E-state index in [1.165, 1.54) is 6.07 Å². The molecule has 0 heterocycles. The lowest BCUT2D eigenvalue weighted by Gasteiger charge is -2.08. The maximum absolute atomic E-state index is 10.9. The van der Waals surface area contributed by atoms with Crippen LogP contribution in [0, 0.1) is 10.1 Å². The number of hydrogen-bond acceptors (Lipinski definition) is 5. The van der Waals surface area contributed by atoms with Gasteiger partial charge in [-0.1, -0.05) is 18.7 Å². The van der Waals surface area contributed by atoms with Crippen LogP contribution in [0.4, 0.5) is 5.69 Å². The summed E-state index contributed by atoms with van der Waals surface area (Å²) in [6.45, 7) is 5.70. The zero-order valence-electron chi connectivity index (χ0n) is 10.9. The molecule has 0 aliphatic carbocycles. The molecule has 0 unspecified atom stereocenters. The number of hydrogen-bond donors (Lipinski definition) is 1. The van der Waals surface area contributed by atoms with Crippen molar-refractivity contribution < 1.29 is 14.4 Å². The predicted octanol–water partition coefficient (Wildman–Crippen LogP) is 1.90. The van der Waals surface area contributed by atoms with Crippen LogP contribution in [0.3, 0.4) is 0 Å². The number of nitrogens with zero attached hydrogens (tertiary/aromatic N) is 1. The van der Waals surface area contributed by atoms with Crippen molar-refractivity contribution in [3.63, 3.8) is 0 Å². The van der Waals surface area contributed by atoms with Crippen LogP contribution in [0.2, 0.25) is 0 Å². The zero-order valence-corrected chi connectivity index (χ0v) is 10.9. The van der Waals surface area contributed by atoms with Gasteiger partial charge in [0.15, 0.2) is 5.75 Å². The largest absolute Gasteiger partial charge is 0.483 e. The molecule has 19 heavy (non-hydrogen) atoms. The van der Waals surface area contributed by atoms with Crippen molar-refractivity contribution in [1.29, 1.82) is 0 Å². The molecule has 6 heteroatoms. The van der Waals surface area contributed by atoms with Gasteiger partial charge in [-0.2, -0.15) is 0 Å². The molecule has 0 amide bonds. The number of rotatable bonds is 9. The molecule has 0 bridgehead atoms. The Hall–Kier alpha value is -1.92. The van der Waals surface area contributed by atoms with Gasteiger partial charge in [-0.15, -0.1) is 0 Å². The monoisotopic (exact) mass is 266 g/mol. The smallest absolute Gasteiger partial charge is 0.310 e. The van der Waals surface area contributed by atoms with Gasteiger partial charge in [-0.25, -0.2) is 0 Å². The second kappa shape index (κ2) is 8.23. The Morgan fingerprint density at radius 2 is 2.32 bits per heavy atom. The minimum absolute atomic E-state index is 0.0394. The standard InChI is InChI=1S/C13H18N2O4/c1-3-7-19-13-9-11(10-14-6-8-18-2)4-5-12(13)15(16)17/h3-5,9,14H,1,6-8,10H2,2H3. The molecule has 6 nitrogen and oxygen atoms in total. The molecular formula is C13H18N2O4. The van der Waals surface area contributed by atoms with E-state index >= 15 is 0 Å². The molecule has 1 aromatic rings. The number of methoxy groups -OCH3 is 1. The molecule has 0 spiro atoms. The summed E-state index contributed by atoms with van der Waals surface area (Å²) in [6, 6.07) is 4.83. The molecule has 0 saturated heterocycles. The highest BCUT2D eigenvalue weighted by Crippen LogP contribution is 2.27. The zero-order chi connectivity index (χ0) is 14.1. The lowest BCUT2D eigenvalue weighted by atomic mass is 10.2. The van der Waals surface area contributed by atoms with E-state index in [9.17, 15) is 10.1 Å². The van der Waals surface area contributed by atoms with Gasteiger partial charge in [0.1, 0.15) is 6.61 Å². The van der Waals surface area contributed by atoms with Crippen LogP contribution in [0.1, 0.15) is 5.56 Å². The van der Waals surface area contributed by atoms with Gasteiger partial charge in [-0.3, -0.25) is 10.1 Å². The molecule has 0 aliphatic heterocycles. The normalized spacial score (nSPS) is 10.2. The molecule has 0 fully saturated rings. The fourth-order valence-corrected chi connectivity index (χ4v) is 1.49. The van der Waals surface area contributed by atoms with Crippen molar-refractivity contribution >= 4 is 5.69 Å². The third-order valence-electron chi connectivity index (χ3n) is 2.39. The summed E-state index contributed by atoms with van der Waals surface area (Å²) in [5, 5.41) is 14.0. The highest BCUT2D eigenvalue weighted by Gasteiger charge is 2.15. The highest BCUT2D eigenvalue weighted by molar-refractivity contribution is 5.48. The predicted molar refractivity (Wildman–Crippen MR) is 72.4 cm³/mol. The summed E-state index contributed by atoms with van der Waals surface area (Å²) in [5.41, 5.74) is 0.878. The molecule has 1 rings (SSSR count). The average Bonchev–Trinajstić information content (AvgIpc) is 2.41. The minimum Gasteiger partial charge on any atom is -0.483 e. The maximum atomic E-state index is 10.9. The molecule has 0 aliphatic rings. The molecule has 104 valence electrons. The van der Waals surface area contributed by atoms with Crippen molar-refractivity contribution in [2.75, 3.05) is 26.9 Å². The van der Waals surface area contributed by atoms with Crippen LogP contribution >= 0.6 is 0 Å². The van der Waals surface area contributed by atoms with Crippen molar-refractivity contribution in [2.45, 2.75) is 6.54 Å². The van der Waals surface area contributed by atoms with E-state index in [1.54, 1.807) is 25.3 Å². The van der Waals surface area contributed by atoms with Gasteiger partial charge in [-0.05, 0) is 11.6 Å². The van der Waals surface area contributed by atoms with Gasteiger partial charge in [0.05, 0.1) is 11.5 Å². The Labute approximate surface area is 112 Å². The SMILES string of the molecule is C=CCOc1cc(CNCCOC)ccc1[N+](=O)[O-]. The molecular weight excluding hydrogens is 248 g/mol. The Morgan fingerprint density at radius 3 is 2.95 bits per heavy atom. The Morgan fingerprint density at radius 1 is 1.53 bits per heavy atom. The first kappa shape index (κ1) is 15.1. The number of nitrogens with one attached hydrogen (secondary N) is 1. The second-order valence-electron chi connectivity index (χ2n) is 3.83. The summed E-state index contributed by atoms with van der Waals surface area (Å²) in [6.07, 6.45) is 1.55. The summed E-state index contributed by atoms with van der Waals surface area (Å²) in [5.74, 6) is 0.260. The van der Waals surface area contributed by atoms with Crippen molar-refractivity contribution in [1.82, 2.24) is 5.32 Å². The van der Waals surface area contributed by atoms with E-state index in [1.807, 2.05) is 0 Å². The second-order valence-corrected chi connectivity index (χ2v) is 3.83. The molecule has 1 aromatic carbocycles. The van der Waals surface area contributed by atoms with Gasteiger partial charge in [0, 0.05) is 26.3 Å². The first-order valence-corrected chi connectivity index (χ1v) is 5.89. The number of benzene rings is 1. The van der Waals surface area contributed by atoms with Gasteiger partial charge in [0.25, 0.3) is 0 Å². The maximum Gasteiger partial charge on any atom is 0.310 e. The lowest BCUT2D eigenvalue weighted by molar-refractivity contribution is -0.385. The van der Waals surface area contributed by atoms with Gasteiger partial charge in [0.2, 0.25) is 0 Å². The minimum atomic E-state index is -0.458. The lowest BCUT2D eigenvalue weighted by Crippen LogP contribution is -2.18. The number of nitro benzene ring substituents is 1. The molecule has 0 atom stereocenters. The van der Waals surface area contributed by atoms with Crippen LogP contribution in [0.15, 0.2) is 30.9 Å². The first-order chi connectivity index (χ1) is 9.19. The van der Waals surface area contributed by atoms with Crippen LogP contribution in [-0.2, 0) is 11.3 Å². The van der Waals surface area contributed by atoms with E-state index in [0.717, 1.165) is 12.1 Å². The van der Waals surface area contributed by atoms with Crippen molar-refractivity contribution in [3.05, 3.63) is 46.5 Å². The summed E-state index contributed by atoms with van der Waals surface area (Å²) in [7, 11) is 1.63. The fraction of sp³-hybridized carbons (Fsp3) is 0.385. The van der Waals surface area contributed by atoms with Crippen LogP contribution in [0.25, 0.3) is 0 Å². The fourth-order valence-electron chi connectivity index (χ4n) is 1.49. The van der Waals surface area contributed by atoms with Crippen LogP contribution in [-0.4, -0.2) is 31.8 Å². The van der Waals surface area contributed by atoms with Gasteiger partial charge < -0.3 is 14.8 Å². The van der Waals surface area contributed by atoms with Gasteiger partial charge >= 0.3 is 5.69 Å². The number of ether oxygens (including phenoxy) is 2. The quantitative estimate of drug-likeness (QED) is 0.320. The molecule has 0 radical (unpaired) electrons. The highest BCUT2D eigenvalue weighted by atomic mass is 16.6. The van der Waals surface area contributed by atoms with E-state index < -0.39 is 4.92 Å². The van der Waals surface area contributed by atoms with E-state index in [4.69, 9.17) is 9.47 Å².